The molecule has 8 nitrogen and oxygen atoms in total. The maximum absolute atomic E-state index is 11.8. The third-order valence-electron chi connectivity index (χ3n) is 3.00. The van der Waals surface area contributed by atoms with Gasteiger partial charge in [-0.2, -0.15) is 9.90 Å². The van der Waals surface area contributed by atoms with Crippen molar-refractivity contribution in [2.45, 2.75) is 39.7 Å². The maximum atomic E-state index is 11.8. The van der Waals surface area contributed by atoms with Gasteiger partial charge in [0.15, 0.2) is 5.82 Å². The Morgan fingerprint density at radius 2 is 1.83 bits per heavy atom. The number of carbonyl (C=O) groups excluding carboxylic acids is 2. The van der Waals surface area contributed by atoms with E-state index in [4.69, 9.17) is 0 Å². The highest BCUT2D eigenvalue weighted by molar-refractivity contribution is 5.95. The van der Waals surface area contributed by atoms with Crippen LogP contribution in [0.4, 0.5) is 11.6 Å². The fraction of sp³-hybridized carbons (Fsp3) is 0.400. The molecule has 0 radical (unpaired) electrons. The normalized spacial score (nSPS) is 10.6. The molecule has 2 N–H and O–H groups in total. The molecule has 0 aliphatic rings. The summed E-state index contributed by atoms with van der Waals surface area (Å²) in [4.78, 5) is 29.2. The van der Waals surface area contributed by atoms with Crippen LogP contribution in [0.5, 0.6) is 0 Å². The number of hydrogen-bond acceptors (Lipinski definition) is 5. The molecule has 0 aromatic carbocycles. The van der Waals surface area contributed by atoms with Gasteiger partial charge in [0.2, 0.25) is 11.8 Å². The number of nitrogens with one attached hydrogen (secondary N) is 2. The Labute approximate surface area is 134 Å². The highest BCUT2D eigenvalue weighted by Crippen LogP contribution is 2.08. The molecule has 0 spiro atoms. The van der Waals surface area contributed by atoms with Crippen LogP contribution in [0.15, 0.2) is 24.5 Å². The van der Waals surface area contributed by atoms with Gasteiger partial charge in [-0.15, -0.1) is 5.10 Å². The summed E-state index contributed by atoms with van der Waals surface area (Å²) in [5.74, 6) is 0.317. The standard InChI is InChI=1S/C15H20N6O2/c1-10(2)21-17-9-13(20-21)19-15(23)5-4-14(22)18-12-8-11(3)6-7-16-12/h6-10H,4-5H2,1-3H3,(H,16,18,22)(H,19,20,23). The van der Waals surface area contributed by atoms with Crippen LogP contribution in [0.25, 0.3) is 0 Å². The van der Waals surface area contributed by atoms with E-state index >= 15 is 0 Å². The molecule has 2 aromatic heterocycles. The third kappa shape index (κ3) is 5.17. The molecule has 122 valence electrons. The second-order valence-electron chi connectivity index (χ2n) is 5.46. The molecule has 2 rings (SSSR count). The summed E-state index contributed by atoms with van der Waals surface area (Å²) in [7, 11) is 0. The van der Waals surface area contributed by atoms with Crippen LogP contribution >= 0.6 is 0 Å². The van der Waals surface area contributed by atoms with E-state index in [1.54, 1.807) is 12.3 Å². The summed E-state index contributed by atoms with van der Waals surface area (Å²) in [5, 5.41) is 13.4. The lowest BCUT2D eigenvalue weighted by atomic mass is 10.2. The molecule has 2 heterocycles. The van der Waals surface area contributed by atoms with Gasteiger partial charge in [0.1, 0.15) is 5.82 Å². The van der Waals surface area contributed by atoms with Crippen molar-refractivity contribution in [2.24, 2.45) is 0 Å². The molecule has 0 unspecified atom stereocenters. The second kappa shape index (κ2) is 7.48. The van der Waals surface area contributed by atoms with E-state index < -0.39 is 0 Å². The highest BCUT2D eigenvalue weighted by atomic mass is 16.2. The van der Waals surface area contributed by atoms with Crippen molar-refractivity contribution in [3.8, 4) is 0 Å². The summed E-state index contributed by atoms with van der Waals surface area (Å²) in [6.07, 6.45) is 3.23. The number of aryl methyl sites for hydroxylation is 1. The minimum absolute atomic E-state index is 0.0617. The number of nitrogens with zero attached hydrogens (tertiary/aromatic N) is 4. The molecule has 0 aliphatic carbocycles. The number of amides is 2. The van der Waals surface area contributed by atoms with Crippen LogP contribution in [-0.2, 0) is 9.59 Å². The predicted octanol–water partition coefficient (Wildman–Crippen LogP) is 1.92. The summed E-state index contributed by atoms with van der Waals surface area (Å²) < 4.78 is 0. The van der Waals surface area contributed by atoms with E-state index in [1.807, 2.05) is 26.8 Å². The minimum atomic E-state index is -0.284. The molecule has 0 saturated heterocycles. The van der Waals surface area contributed by atoms with Crippen LogP contribution in [0, 0.1) is 6.92 Å². The molecule has 0 fully saturated rings. The number of rotatable bonds is 6. The van der Waals surface area contributed by atoms with E-state index in [0.29, 0.717) is 11.6 Å². The van der Waals surface area contributed by atoms with Crippen LogP contribution < -0.4 is 10.6 Å². The highest BCUT2D eigenvalue weighted by Gasteiger charge is 2.10. The average molecular weight is 316 g/mol. The smallest absolute Gasteiger partial charge is 0.226 e. The van der Waals surface area contributed by atoms with Crippen molar-refractivity contribution in [3.05, 3.63) is 30.1 Å². The SMILES string of the molecule is Cc1ccnc(NC(=O)CCC(=O)Nc2cnn(C(C)C)n2)c1. The van der Waals surface area contributed by atoms with Gasteiger partial charge in [0, 0.05) is 19.0 Å². The molecule has 2 amide bonds. The van der Waals surface area contributed by atoms with Gasteiger partial charge < -0.3 is 10.6 Å². The zero-order chi connectivity index (χ0) is 16.8. The molecule has 8 heteroatoms. The number of pyridine rings is 1. The first-order valence-corrected chi connectivity index (χ1v) is 7.38. The van der Waals surface area contributed by atoms with Gasteiger partial charge in [0.05, 0.1) is 12.2 Å². The lowest BCUT2D eigenvalue weighted by Gasteiger charge is -2.05. The van der Waals surface area contributed by atoms with Crippen molar-refractivity contribution >= 4 is 23.5 Å². The third-order valence-corrected chi connectivity index (χ3v) is 3.00. The Balaban J connectivity index is 1.78. The molecule has 23 heavy (non-hydrogen) atoms. The van der Waals surface area contributed by atoms with E-state index in [9.17, 15) is 9.59 Å². The van der Waals surface area contributed by atoms with E-state index in [2.05, 4.69) is 25.8 Å². The summed E-state index contributed by atoms with van der Waals surface area (Å²) in [6.45, 7) is 5.79. The molecular formula is C15H20N6O2. The zero-order valence-corrected chi connectivity index (χ0v) is 13.4. The monoisotopic (exact) mass is 316 g/mol. The fourth-order valence-electron chi connectivity index (χ4n) is 1.82. The second-order valence-corrected chi connectivity index (χ2v) is 5.46. The summed E-state index contributed by atoms with van der Waals surface area (Å²) in [6, 6.07) is 3.73. The van der Waals surface area contributed by atoms with E-state index in [-0.39, 0.29) is 30.7 Å². The molecule has 0 aliphatic heterocycles. The zero-order valence-electron chi connectivity index (χ0n) is 13.4. The number of carbonyl (C=O) groups is 2. The first-order valence-electron chi connectivity index (χ1n) is 7.38. The van der Waals surface area contributed by atoms with Gasteiger partial charge >= 0.3 is 0 Å². The largest absolute Gasteiger partial charge is 0.311 e. The fourth-order valence-corrected chi connectivity index (χ4v) is 1.82. The average Bonchev–Trinajstić information content (AvgIpc) is 2.94. The van der Waals surface area contributed by atoms with Crippen molar-refractivity contribution < 1.29 is 9.59 Å². The minimum Gasteiger partial charge on any atom is -0.311 e. The van der Waals surface area contributed by atoms with Gasteiger partial charge in [-0.05, 0) is 38.5 Å². The van der Waals surface area contributed by atoms with Crippen LogP contribution in [0.1, 0.15) is 38.3 Å². The van der Waals surface area contributed by atoms with Gasteiger partial charge in [0.25, 0.3) is 0 Å². The quantitative estimate of drug-likeness (QED) is 0.847. The first kappa shape index (κ1) is 16.6. The summed E-state index contributed by atoms with van der Waals surface area (Å²) in [5.41, 5.74) is 1.00. The molecule has 0 saturated carbocycles. The first-order chi connectivity index (χ1) is 10.9. The Kier molecular flexibility index (Phi) is 5.40. The lowest BCUT2D eigenvalue weighted by Crippen LogP contribution is -2.18. The van der Waals surface area contributed by atoms with Gasteiger partial charge in [-0.25, -0.2) is 4.98 Å². The Morgan fingerprint density at radius 1 is 1.17 bits per heavy atom. The van der Waals surface area contributed by atoms with Crippen LogP contribution in [0.2, 0.25) is 0 Å². The molecule has 2 aromatic rings. The van der Waals surface area contributed by atoms with Crippen LogP contribution in [0.3, 0.4) is 0 Å². The summed E-state index contributed by atoms with van der Waals surface area (Å²) >= 11 is 0. The Hall–Kier alpha value is -2.77. The van der Waals surface area contributed by atoms with E-state index in [1.165, 1.54) is 11.0 Å². The van der Waals surface area contributed by atoms with Gasteiger partial charge in [-0.3, -0.25) is 9.59 Å². The van der Waals surface area contributed by atoms with Crippen LogP contribution in [-0.4, -0.2) is 31.8 Å². The molecular weight excluding hydrogens is 296 g/mol. The number of aromatic nitrogens is 4. The Bertz CT molecular complexity index is 695. The van der Waals surface area contributed by atoms with E-state index in [0.717, 1.165) is 5.56 Å². The lowest BCUT2D eigenvalue weighted by molar-refractivity contribution is -0.121. The number of anilines is 2. The topological polar surface area (TPSA) is 102 Å². The van der Waals surface area contributed by atoms with Gasteiger partial charge in [-0.1, -0.05) is 0 Å². The van der Waals surface area contributed by atoms with Crippen molar-refractivity contribution in [1.82, 2.24) is 20.0 Å². The molecule has 0 bridgehead atoms. The predicted molar refractivity (Wildman–Crippen MR) is 85.9 cm³/mol. The van der Waals surface area contributed by atoms with Crippen molar-refractivity contribution in [1.29, 1.82) is 0 Å². The Morgan fingerprint density at radius 3 is 2.39 bits per heavy atom. The van der Waals surface area contributed by atoms with Crippen molar-refractivity contribution in [2.75, 3.05) is 10.6 Å². The molecule has 0 atom stereocenters. The maximum Gasteiger partial charge on any atom is 0.226 e. The van der Waals surface area contributed by atoms with Crippen molar-refractivity contribution in [3.63, 3.8) is 0 Å². The number of hydrogen-bond donors (Lipinski definition) is 2.